The first kappa shape index (κ1) is 16.3. The number of nitrogens with two attached hydrogens (primary N) is 1. The van der Waals surface area contributed by atoms with E-state index in [1.54, 1.807) is 18.3 Å². The Morgan fingerprint density at radius 2 is 2.29 bits per heavy atom. The van der Waals surface area contributed by atoms with Crippen LogP contribution in [-0.2, 0) is 4.79 Å². The van der Waals surface area contributed by atoms with E-state index in [2.05, 4.69) is 10.3 Å². The molecule has 8 heteroatoms. The fourth-order valence-electron chi connectivity index (χ4n) is 2.60. The highest BCUT2D eigenvalue weighted by Gasteiger charge is 2.21. The van der Waals surface area contributed by atoms with Gasteiger partial charge < -0.3 is 25.3 Å². The van der Waals surface area contributed by atoms with Gasteiger partial charge in [0.25, 0.3) is 5.17 Å². The van der Waals surface area contributed by atoms with Gasteiger partial charge in [-0.2, -0.15) is 0 Å². The number of hydrogen-bond donors (Lipinski definition) is 2. The Hall–Kier alpha value is -2.61. The second kappa shape index (κ2) is 6.88. The maximum Gasteiger partial charge on any atom is 0.259 e. The first-order valence-corrected chi connectivity index (χ1v) is 7.84. The highest BCUT2D eigenvalue weighted by molar-refractivity contribution is 7.80. The zero-order chi connectivity index (χ0) is 17.1. The average Bonchev–Trinajstić information content (AvgIpc) is 2.97. The molecule has 7 nitrogen and oxygen atoms in total. The lowest BCUT2D eigenvalue weighted by molar-refractivity contribution is -0.119. The van der Waals surface area contributed by atoms with E-state index in [1.165, 1.54) is 7.11 Å². The minimum absolute atomic E-state index is 0.00803. The van der Waals surface area contributed by atoms with Crippen molar-refractivity contribution in [3.8, 4) is 17.4 Å². The van der Waals surface area contributed by atoms with Crippen molar-refractivity contribution in [1.29, 1.82) is 0 Å². The van der Waals surface area contributed by atoms with Gasteiger partial charge in [0.05, 0.1) is 13.2 Å². The number of thiocarbonyl (C=S) groups is 1. The van der Waals surface area contributed by atoms with Crippen molar-refractivity contribution in [2.75, 3.05) is 13.7 Å². The summed E-state index contributed by atoms with van der Waals surface area (Å²) in [5.74, 6) is 1.42. The Kier molecular flexibility index (Phi) is 4.66. The third kappa shape index (κ3) is 3.48. The topological polar surface area (TPSA) is 95.7 Å². The molecule has 3 rings (SSSR count). The molecule has 2 heterocycles. The fraction of sp³-hybridized carbons (Fsp3) is 0.312. The zero-order valence-corrected chi connectivity index (χ0v) is 13.9. The summed E-state index contributed by atoms with van der Waals surface area (Å²) in [4.78, 5) is 15.5. The number of pyridine rings is 1. The van der Waals surface area contributed by atoms with Crippen LogP contribution < -0.4 is 25.3 Å². The molecule has 0 spiro atoms. The van der Waals surface area contributed by atoms with E-state index in [4.69, 9.17) is 32.2 Å². The Morgan fingerprint density at radius 3 is 2.96 bits per heavy atom. The quantitative estimate of drug-likeness (QED) is 0.792. The van der Waals surface area contributed by atoms with Gasteiger partial charge in [0, 0.05) is 18.0 Å². The summed E-state index contributed by atoms with van der Waals surface area (Å²) in [6.45, 7) is 0.366. The van der Waals surface area contributed by atoms with Gasteiger partial charge in [0.15, 0.2) is 11.5 Å². The molecular weight excluding hydrogens is 330 g/mol. The maximum absolute atomic E-state index is 11.3. The van der Waals surface area contributed by atoms with Crippen LogP contribution >= 0.6 is 12.2 Å². The van der Waals surface area contributed by atoms with E-state index < -0.39 is 0 Å². The standard InChI is InChI=1S/C16H17N3O4S/c1-21-12-7-11-9(6-13(12)23-16(17)24)4-5-18-15(11)22-8-10-2-3-14(20)19-10/h4-7,10H,2-3,8H2,1H3,(H2,17,24)(H,19,20)/t10-/m0/s1. The van der Waals surface area contributed by atoms with Crippen LogP contribution in [0, 0.1) is 0 Å². The minimum atomic E-state index is -0.0878. The third-order valence-corrected chi connectivity index (χ3v) is 3.81. The molecule has 1 fully saturated rings. The number of carbonyl (C=O) groups is 1. The number of carbonyl (C=O) groups excluding carboxylic acids is 1. The SMILES string of the molecule is COc1cc2c(OC[C@@H]3CCC(=O)N3)nccc2cc1OC(N)=S. The fourth-order valence-corrected chi connectivity index (χ4v) is 2.69. The van der Waals surface area contributed by atoms with Crippen molar-refractivity contribution < 1.29 is 19.0 Å². The number of rotatable bonds is 5. The number of benzene rings is 1. The highest BCUT2D eigenvalue weighted by Crippen LogP contribution is 2.35. The predicted octanol–water partition coefficient (Wildman–Crippen LogP) is 1.52. The van der Waals surface area contributed by atoms with Gasteiger partial charge in [-0.1, -0.05) is 0 Å². The largest absolute Gasteiger partial charge is 0.493 e. The van der Waals surface area contributed by atoms with Crippen molar-refractivity contribution in [3.63, 3.8) is 0 Å². The number of aromatic nitrogens is 1. The number of nitrogens with one attached hydrogen (secondary N) is 1. The van der Waals surface area contributed by atoms with Crippen molar-refractivity contribution in [3.05, 3.63) is 24.4 Å². The number of nitrogens with zero attached hydrogens (tertiary/aromatic N) is 1. The minimum Gasteiger partial charge on any atom is -0.493 e. The van der Waals surface area contributed by atoms with Crippen LogP contribution in [0.5, 0.6) is 17.4 Å². The van der Waals surface area contributed by atoms with E-state index in [0.29, 0.717) is 30.4 Å². The Labute approximate surface area is 144 Å². The second-order valence-corrected chi connectivity index (χ2v) is 5.78. The Bertz CT molecular complexity index is 796. The van der Waals surface area contributed by atoms with E-state index in [9.17, 15) is 4.79 Å². The first-order valence-electron chi connectivity index (χ1n) is 7.43. The molecule has 2 aromatic rings. The maximum atomic E-state index is 11.3. The summed E-state index contributed by atoms with van der Waals surface area (Å²) in [7, 11) is 1.53. The molecule has 1 atom stereocenters. The van der Waals surface area contributed by atoms with Crippen LogP contribution in [0.4, 0.5) is 0 Å². The lowest BCUT2D eigenvalue weighted by atomic mass is 10.1. The van der Waals surface area contributed by atoms with Gasteiger partial charge in [-0.3, -0.25) is 4.79 Å². The molecule has 0 saturated carbocycles. The molecule has 0 unspecified atom stereocenters. The van der Waals surface area contributed by atoms with Crippen LogP contribution in [-0.4, -0.2) is 35.8 Å². The summed E-state index contributed by atoms with van der Waals surface area (Å²) < 4.78 is 16.4. The van der Waals surface area contributed by atoms with Crippen molar-refractivity contribution in [2.24, 2.45) is 5.73 Å². The first-order chi connectivity index (χ1) is 11.6. The van der Waals surface area contributed by atoms with Gasteiger partial charge in [-0.15, -0.1) is 0 Å². The van der Waals surface area contributed by atoms with Gasteiger partial charge in [-0.05, 0) is 42.2 Å². The normalized spacial score (nSPS) is 16.7. The summed E-state index contributed by atoms with van der Waals surface area (Å²) in [5.41, 5.74) is 5.43. The highest BCUT2D eigenvalue weighted by atomic mass is 32.1. The smallest absolute Gasteiger partial charge is 0.259 e. The van der Waals surface area contributed by atoms with Crippen LogP contribution in [0.3, 0.4) is 0 Å². The molecule has 1 aromatic carbocycles. The van der Waals surface area contributed by atoms with Crippen molar-refractivity contribution in [1.82, 2.24) is 10.3 Å². The van der Waals surface area contributed by atoms with Crippen molar-refractivity contribution >= 4 is 34.1 Å². The molecule has 1 aliphatic rings. The average molecular weight is 347 g/mol. The molecule has 1 aromatic heterocycles. The lowest BCUT2D eigenvalue weighted by Gasteiger charge is -2.14. The van der Waals surface area contributed by atoms with Crippen LogP contribution in [0.25, 0.3) is 10.8 Å². The van der Waals surface area contributed by atoms with Gasteiger partial charge >= 0.3 is 0 Å². The number of amides is 1. The molecule has 0 aliphatic carbocycles. The predicted molar refractivity (Wildman–Crippen MR) is 92.4 cm³/mol. The second-order valence-electron chi connectivity index (χ2n) is 5.38. The molecule has 1 saturated heterocycles. The van der Waals surface area contributed by atoms with Gasteiger partial charge in [0.1, 0.15) is 6.61 Å². The molecule has 1 amide bonds. The van der Waals surface area contributed by atoms with Crippen LogP contribution in [0.1, 0.15) is 12.8 Å². The number of ether oxygens (including phenoxy) is 3. The molecule has 126 valence electrons. The molecule has 0 bridgehead atoms. The molecule has 24 heavy (non-hydrogen) atoms. The zero-order valence-electron chi connectivity index (χ0n) is 13.1. The van der Waals surface area contributed by atoms with E-state index in [-0.39, 0.29) is 17.1 Å². The molecule has 3 N–H and O–H groups in total. The Balaban J connectivity index is 1.88. The van der Waals surface area contributed by atoms with Gasteiger partial charge in [-0.25, -0.2) is 4.98 Å². The number of hydrogen-bond acceptors (Lipinski definition) is 6. The summed E-state index contributed by atoms with van der Waals surface area (Å²) in [6, 6.07) is 5.36. The monoisotopic (exact) mass is 347 g/mol. The molecular formula is C16H17N3O4S. The van der Waals surface area contributed by atoms with E-state index in [1.807, 2.05) is 6.07 Å². The molecule has 0 radical (unpaired) electrons. The summed E-state index contributed by atoms with van der Waals surface area (Å²) >= 11 is 4.77. The third-order valence-electron chi connectivity index (χ3n) is 3.73. The van der Waals surface area contributed by atoms with Crippen LogP contribution in [0.2, 0.25) is 0 Å². The number of methoxy groups -OCH3 is 1. The summed E-state index contributed by atoms with van der Waals surface area (Å²) in [5, 5.41) is 4.39. The Morgan fingerprint density at radius 1 is 1.46 bits per heavy atom. The van der Waals surface area contributed by atoms with Crippen LogP contribution in [0.15, 0.2) is 24.4 Å². The summed E-state index contributed by atoms with van der Waals surface area (Å²) in [6.07, 6.45) is 2.94. The molecule has 1 aliphatic heterocycles. The lowest BCUT2D eigenvalue weighted by Crippen LogP contribution is -2.31. The van der Waals surface area contributed by atoms with Gasteiger partial charge in [0.2, 0.25) is 11.8 Å². The van der Waals surface area contributed by atoms with Crippen molar-refractivity contribution in [2.45, 2.75) is 18.9 Å². The van der Waals surface area contributed by atoms with E-state index in [0.717, 1.165) is 17.2 Å². The van der Waals surface area contributed by atoms with E-state index >= 15 is 0 Å². The number of fused-ring (bicyclic) bond motifs is 1.